The van der Waals surface area contributed by atoms with Gasteiger partial charge in [0.25, 0.3) is 0 Å². The summed E-state index contributed by atoms with van der Waals surface area (Å²) in [5.41, 5.74) is 1.46. The Bertz CT molecular complexity index is 450. The van der Waals surface area contributed by atoms with Crippen molar-refractivity contribution in [2.75, 3.05) is 19.6 Å². The van der Waals surface area contributed by atoms with E-state index in [0.717, 1.165) is 24.5 Å². The lowest BCUT2D eigenvalue weighted by molar-refractivity contribution is 0.0615. The van der Waals surface area contributed by atoms with Gasteiger partial charge in [-0.3, -0.25) is 4.90 Å². The number of rotatable bonds is 5. The van der Waals surface area contributed by atoms with Gasteiger partial charge in [0.15, 0.2) is 0 Å². The van der Waals surface area contributed by atoms with Crippen molar-refractivity contribution in [2.24, 2.45) is 5.92 Å². The molecule has 0 radical (unpaired) electrons. The number of benzene rings is 1. The van der Waals surface area contributed by atoms with Crippen molar-refractivity contribution >= 4 is 0 Å². The van der Waals surface area contributed by atoms with Gasteiger partial charge in [-0.2, -0.15) is 0 Å². The van der Waals surface area contributed by atoms with Crippen LogP contribution in [0.5, 0.6) is 0 Å². The second-order valence-corrected chi connectivity index (χ2v) is 7.74. The summed E-state index contributed by atoms with van der Waals surface area (Å²) in [5.74, 6) is 0.941. The summed E-state index contributed by atoms with van der Waals surface area (Å²) in [6, 6.07) is 12.6. The van der Waals surface area contributed by atoms with Crippen molar-refractivity contribution in [3.63, 3.8) is 0 Å². The first-order valence-corrected chi connectivity index (χ1v) is 9.78. The van der Waals surface area contributed by atoms with Crippen molar-refractivity contribution in [1.29, 1.82) is 0 Å². The lowest BCUT2D eigenvalue weighted by Gasteiger charge is -2.43. The molecule has 2 nitrogen and oxygen atoms in total. The van der Waals surface area contributed by atoms with Gasteiger partial charge in [-0.1, -0.05) is 57.0 Å². The summed E-state index contributed by atoms with van der Waals surface area (Å²) >= 11 is 0. The van der Waals surface area contributed by atoms with Gasteiger partial charge in [-0.05, 0) is 56.8 Å². The van der Waals surface area contributed by atoms with E-state index in [2.05, 4.69) is 54.0 Å². The van der Waals surface area contributed by atoms with E-state index in [1.54, 1.807) is 0 Å². The van der Waals surface area contributed by atoms with Gasteiger partial charge in [0, 0.05) is 18.6 Å². The van der Waals surface area contributed by atoms with Crippen LogP contribution in [0.1, 0.15) is 57.9 Å². The summed E-state index contributed by atoms with van der Waals surface area (Å²) in [6.07, 6.45) is 8.48. The second-order valence-electron chi connectivity index (χ2n) is 7.74. The fraction of sp³-hybridized carbons (Fsp3) is 0.714. The van der Waals surface area contributed by atoms with Crippen LogP contribution in [-0.2, 0) is 6.54 Å². The molecule has 0 aromatic heterocycles. The summed E-state index contributed by atoms with van der Waals surface area (Å²) in [5, 5.41) is 0. The minimum Gasteiger partial charge on any atom is -0.300 e. The fourth-order valence-electron chi connectivity index (χ4n) is 4.67. The van der Waals surface area contributed by atoms with E-state index < -0.39 is 0 Å². The van der Waals surface area contributed by atoms with Crippen molar-refractivity contribution in [1.82, 2.24) is 9.80 Å². The third-order valence-electron chi connectivity index (χ3n) is 6.08. The van der Waals surface area contributed by atoms with E-state index >= 15 is 0 Å². The molecule has 0 bridgehead atoms. The second kappa shape index (κ2) is 8.30. The molecule has 23 heavy (non-hydrogen) atoms. The molecule has 0 amide bonds. The van der Waals surface area contributed by atoms with Crippen LogP contribution in [0.2, 0.25) is 0 Å². The maximum Gasteiger partial charge on any atom is 0.0236 e. The average Bonchev–Trinajstić information content (AvgIpc) is 2.61. The molecule has 1 aliphatic heterocycles. The Kier molecular flexibility index (Phi) is 6.13. The largest absolute Gasteiger partial charge is 0.300 e. The van der Waals surface area contributed by atoms with Crippen LogP contribution < -0.4 is 0 Å². The Morgan fingerprint density at radius 3 is 2.43 bits per heavy atom. The van der Waals surface area contributed by atoms with E-state index in [0.29, 0.717) is 0 Å². The molecule has 2 fully saturated rings. The predicted octanol–water partition coefficient (Wildman–Crippen LogP) is 4.55. The Morgan fingerprint density at radius 2 is 1.78 bits per heavy atom. The quantitative estimate of drug-likeness (QED) is 0.786. The molecular formula is C21H34N2. The van der Waals surface area contributed by atoms with E-state index in [9.17, 15) is 0 Å². The van der Waals surface area contributed by atoms with E-state index in [-0.39, 0.29) is 0 Å². The van der Waals surface area contributed by atoms with Crippen LogP contribution in [0, 0.1) is 5.92 Å². The first-order valence-electron chi connectivity index (χ1n) is 9.78. The lowest BCUT2D eigenvalue weighted by atomic mass is 9.85. The number of nitrogens with zero attached hydrogens (tertiary/aromatic N) is 2. The van der Waals surface area contributed by atoms with Crippen molar-refractivity contribution in [3.8, 4) is 0 Å². The maximum absolute atomic E-state index is 2.81. The molecule has 2 heteroatoms. The monoisotopic (exact) mass is 314 g/mol. The zero-order valence-electron chi connectivity index (χ0n) is 15.1. The van der Waals surface area contributed by atoms with Gasteiger partial charge < -0.3 is 4.90 Å². The van der Waals surface area contributed by atoms with Gasteiger partial charge in [-0.25, -0.2) is 0 Å². The van der Waals surface area contributed by atoms with E-state index in [1.165, 1.54) is 63.7 Å². The molecule has 2 aliphatic rings. The van der Waals surface area contributed by atoms with Crippen molar-refractivity contribution in [3.05, 3.63) is 35.9 Å². The molecular weight excluding hydrogens is 280 g/mol. The van der Waals surface area contributed by atoms with Gasteiger partial charge in [0.1, 0.15) is 0 Å². The third kappa shape index (κ3) is 4.58. The fourth-order valence-corrected chi connectivity index (χ4v) is 4.67. The maximum atomic E-state index is 2.81. The number of piperidine rings is 1. The summed E-state index contributed by atoms with van der Waals surface area (Å²) in [7, 11) is 0. The molecule has 1 aromatic carbocycles. The molecule has 0 N–H and O–H groups in total. The molecule has 3 rings (SSSR count). The van der Waals surface area contributed by atoms with Crippen LogP contribution >= 0.6 is 0 Å². The number of hydrogen-bond acceptors (Lipinski definition) is 2. The van der Waals surface area contributed by atoms with Gasteiger partial charge in [0.05, 0.1) is 0 Å². The highest BCUT2D eigenvalue weighted by atomic mass is 15.2. The SMILES string of the molecule is CCN(Cc1ccccc1)C1CCN([C@H]2CCC[C@@H](C)C2)CC1. The van der Waals surface area contributed by atoms with Gasteiger partial charge >= 0.3 is 0 Å². The number of hydrogen-bond donors (Lipinski definition) is 0. The summed E-state index contributed by atoms with van der Waals surface area (Å²) in [6.45, 7) is 9.67. The molecule has 1 aliphatic carbocycles. The van der Waals surface area contributed by atoms with Gasteiger partial charge in [0.2, 0.25) is 0 Å². The highest BCUT2D eigenvalue weighted by Crippen LogP contribution is 2.30. The first-order chi connectivity index (χ1) is 11.3. The van der Waals surface area contributed by atoms with Crippen molar-refractivity contribution in [2.45, 2.75) is 71.0 Å². The third-order valence-corrected chi connectivity index (χ3v) is 6.08. The molecule has 128 valence electrons. The molecule has 1 saturated carbocycles. The predicted molar refractivity (Wildman–Crippen MR) is 98.5 cm³/mol. The molecule has 2 atom stereocenters. The van der Waals surface area contributed by atoms with Crippen LogP contribution in [-0.4, -0.2) is 41.5 Å². The minimum absolute atomic E-state index is 0.775. The topological polar surface area (TPSA) is 6.48 Å². The lowest BCUT2D eigenvalue weighted by Crippen LogP contribution is -2.48. The van der Waals surface area contributed by atoms with Crippen LogP contribution in [0.4, 0.5) is 0 Å². The Morgan fingerprint density at radius 1 is 1.04 bits per heavy atom. The van der Waals surface area contributed by atoms with Crippen LogP contribution in [0.25, 0.3) is 0 Å². The smallest absolute Gasteiger partial charge is 0.0236 e. The molecule has 1 saturated heterocycles. The highest BCUT2D eigenvalue weighted by molar-refractivity contribution is 5.14. The summed E-state index contributed by atoms with van der Waals surface area (Å²) < 4.78 is 0. The average molecular weight is 315 g/mol. The minimum atomic E-state index is 0.775. The number of likely N-dealkylation sites (tertiary alicyclic amines) is 1. The van der Waals surface area contributed by atoms with Gasteiger partial charge in [-0.15, -0.1) is 0 Å². The normalized spacial score (nSPS) is 27.4. The molecule has 1 heterocycles. The Balaban J connectivity index is 1.50. The Labute approximate surface area is 142 Å². The summed E-state index contributed by atoms with van der Waals surface area (Å²) in [4.78, 5) is 5.50. The zero-order chi connectivity index (χ0) is 16.1. The highest BCUT2D eigenvalue weighted by Gasteiger charge is 2.29. The van der Waals surface area contributed by atoms with Crippen LogP contribution in [0.3, 0.4) is 0 Å². The van der Waals surface area contributed by atoms with Crippen molar-refractivity contribution < 1.29 is 0 Å². The Hall–Kier alpha value is -0.860. The van der Waals surface area contributed by atoms with E-state index in [1.807, 2.05) is 0 Å². The first kappa shape index (κ1) is 17.0. The molecule has 0 unspecified atom stereocenters. The van der Waals surface area contributed by atoms with E-state index in [4.69, 9.17) is 0 Å². The standard InChI is InChI=1S/C21H34N2/c1-3-22(17-19-9-5-4-6-10-19)20-12-14-23(15-13-20)21-11-7-8-18(2)16-21/h4-6,9-10,18,20-21H,3,7-8,11-17H2,1-2H3/t18-,21+/m1/s1. The zero-order valence-corrected chi connectivity index (χ0v) is 15.1. The molecule has 1 aromatic rings. The molecule has 0 spiro atoms. The van der Waals surface area contributed by atoms with Crippen LogP contribution in [0.15, 0.2) is 30.3 Å².